The average molecular weight is 362 g/mol. The molecule has 2 aromatic carbocycles. The summed E-state index contributed by atoms with van der Waals surface area (Å²) in [7, 11) is 1.79. The predicted octanol–water partition coefficient (Wildman–Crippen LogP) is 4.05. The summed E-state index contributed by atoms with van der Waals surface area (Å²) in [5.74, 6) is 0.647. The second-order valence-electron chi connectivity index (χ2n) is 5.14. The summed E-state index contributed by atoms with van der Waals surface area (Å²) >= 11 is 3.48. The number of likely N-dealkylation sites (N-methyl/N-ethyl adjacent to an activating group) is 1. The van der Waals surface area contributed by atoms with Crippen molar-refractivity contribution in [2.45, 2.75) is 19.9 Å². The highest BCUT2D eigenvalue weighted by Crippen LogP contribution is 2.26. The molecule has 0 aliphatic rings. The Morgan fingerprint density at radius 3 is 2.50 bits per heavy atom. The number of hydrogen-bond donors (Lipinski definition) is 0. The van der Waals surface area contributed by atoms with E-state index < -0.39 is 0 Å². The molecule has 0 aliphatic carbocycles. The van der Waals surface area contributed by atoms with Gasteiger partial charge in [0.1, 0.15) is 5.75 Å². The highest BCUT2D eigenvalue weighted by atomic mass is 79.9. The number of rotatable bonds is 6. The maximum absolute atomic E-state index is 12.1. The van der Waals surface area contributed by atoms with Gasteiger partial charge >= 0.3 is 0 Å². The van der Waals surface area contributed by atoms with Crippen LogP contribution in [-0.2, 0) is 17.8 Å². The molecule has 22 heavy (non-hydrogen) atoms. The lowest BCUT2D eigenvalue weighted by Crippen LogP contribution is -2.30. The number of amides is 1. The molecule has 0 bridgehead atoms. The van der Waals surface area contributed by atoms with Gasteiger partial charge in [0.2, 0.25) is 0 Å². The maximum Gasteiger partial charge on any atom is 0.260 e. The van der Waals surface area contributed by atoms with E-state index in [2.05, 4.69) is 22.9 Å². The lowest BCUT2D eigenvalue weighted by atomic mass is 10.2. The van der Waals surface area contributed by atoms with E-state index >= 15 is 0 Å². The minimum atomic E-state index is -0.0460. The van der Waals surface area contributed by atoms with Crippen molar-refractivity contribution in [2.24, 2.45) is 0 Å². The van der Waals surface area contributed by atoms with E-state index in [0.29, 0.717) is 12.3 Å². The minimum Gasteiger partial charge on any atom is -0.483 e. The first-order chi connectivity index (χ1) is 10.6. The van der Waals surface area contributed by atoms with Gasteiger partial charge in [0.15, 0.2) is 6.61 Å². The fourth-order valence-corrected chi connectivity index (χ4v) is 2.62. The van der Waals surface area contributed by atoms with Crippen LogP contribution in [0.15, 0.2) is 53.0 Å². The number of benzene rings is 2. The van der Waals surface area contributed by atoms with Crippen LogP contribution in [0, 0.1) is 0 Å². The average Bonchev–Trinajstić information content (AvgIpc) is 2.54. The number of carbonyl (C=O) groups is 1. The number of carbonyl (C=O) groups excluding carboxylic acids is 1. The molecule has 0 atom stereocenters. The van der Waals surface area contributed by atoms with Gasteiger partial charge in [-0.05, 0) is 45.6 Å². The number of halogens is 1. The van der Waals surface area contributed by atoms with Gasteiger partial charge in [-0.2, -0.15) is 0 Å². The van der Waals surface area contributed by atoms with Crippen molar-refractivity contribution < 1.29 is 9.53 Å². The van der Waals surface area contributed by atoms with Crippen molar-refractivity contribution in [1.82, 2.24) is 4.90 Å². The highest BCUT2D eigenvalue weighted by molar-refractivity contribution is 9.10. The molecule has 0 heterocycles. The van der Waals surface area contributed by atoms with E-state index in [1.54, 1.807) is 11.9 Å². The zero-order valence-electron chi connectivity index (χ0n) is 12.9. The van der Waals surface area contributed by atoms with Crippen LogP contribution in [0.2, 0.25) is 0 Å². The van der Waals surface area contributed by atoms with Gasteiger partial charge in [-0.15, -0.1) is 0 Å². The quantitative estimate of drug-likeness (QED) is 0.776. The third-order valence-electron chi connectivity index (χ3n) is 3.44. The highest BCUT2D eigenvalue weighted by Gasteiger charge is 2.11. The molecule has 0 N–H and O–H groups in total. The molecule has 0 fully saturated rings. The molecule has 0 radical (unpaired) electrons. The van der Waals surface area contributed by atoms with E-state index in [0.717, 1.165) is 16.5 Å². The molecular weight excluding hydrogens is 342 g/mol. The monoisotopic (exact) mass is 361 g/mol. The Bertz CT molecular complexity index is 628. The van der Waals surface area contributed by atoms with Gasteiger partial charge in [-0.1, -0.05) is 43.3 Å². The van der Waals surface area contributed by atoms with E-state index in [1.807, 2.05) is 48.5 Å². The third kappa shape index (κ3) is 4.60. The van der Waals surface area contributed by atoms with Crippen molar-refractivity contribution in [3.8, 4) is 5.75 Å². The molecule has 116 valence electrons. The summed E-state index contributed by atoms with van der Waals surface area (Å²) in [5.41, 5.74) is 2.33. The zero-order valence-corrected chi connectivity index (χ0v) is 14.5. The van der Waals surface area contributed by atoms with Crippen molar-refractivity contribution in [1.29, 1.82) is 0 Å². The van der Waals surface area contributed by atoms with Crippen LogP contribution in [0.1, 0.15) is 18.1 Å². The summed E-state index contributed by atoms with van der Waals surface area (Å²) in [6.45, 7) is 2.72. The lowest BCUT2D eigenvalue weighted by Gasteiger charge is -2.18. The molecule has 0 saturated heterocycles. The summed E-state index contributed by atoms with van der Waals surface area (Å²) in [6.07, 6.45) is 0.970. The smallest absolute Gasteiger partial charge is 0.260 e. The molecule has 0 unspecified atom stereocenters. The van der Waals surface area contributed by atoms with Gasteiger partial charge in [0.25, 0.3) is 5.91 Å². The predicted molar refractivity (Wildman–Crippen MR) is 91.9 cm³/mol. The van der Waals surface area contributed by atoms with Crippen LogP contribution < -0.4 is 4.74 Å². The fraction of sp³-hybridized carbons (Fsp3) is 0.278. The van der Waals surface area contributed by atoms with Crippen LogP contribution in [-0.4, -0.2) is 24.5 Å². The number of aryl methyl sites for hydroxylation is 1. The van der Waals surface area contributed by atoms with Crippen molar-refractivity contribution in [2.75, 3.05) is 13.7 Å². The van der Waals surface area contributed by atoms with Gasteiger partial charge < -0.3 is 9.64 Å². The molecule has 2 rings (SSSR count). The van der Waals surface area contributed by atoms with Crippen LogP contribution in [0.5, 0.6) is 5.75 Å². The van der Waals surface area contributed by atoms with Crippen LogP contribution in [0.25, 0.3) is 0 Å². The van der Waals surface area contributed by atoms with Gasteiger partial charge in [-0.3, -0.25) is 4.79 Å². The van der Waals surface area contributed by atoms with E-state index in [9.17, 15) is 4.79 Å². The minimum absolute atomic E-state index is 0.0351. The standard InChI is InChI=1S/C18H20BrNO2/c1-3-14-9-10-17(16(19)11-14)22-13-18(21)20(2)12-15-7-5-4-6-8-15/h4-11H,3,12-13H2,1-2H3. The topological polar surface area (TPSA) is 29.5 Å². The Morgan fingerprint density at radius 2 is 1.86 bits per heavy atom. The van der Waals surface area contributed by atoms with E-state index in [1.165, 1.54) is 5.56 Å². The lowest BCUT2D eigenvalue weighted by molar-refractivity contribution is -0.132. The van der Waals surface area contributed by atoms with Crippen LogP contribution >= 0.6 is 15.9 Å². The summed E-state index contributed by atoms with van der Waals surface area (Å²) < 4.78 is 6.50. The van der Waals surface area contributed by atoms with Crippen molar-refractivity contribution in [3.05, 3.63) is 64.1 Å². The van der Waals surface area contributed by atoms with Crippen molar-refractivity contribution in [3.63, 3.8) is 0 Å². The fourth-order valence-electron chi connectivity index (χ4n) is 2.08. The number of ether oxygens (including phenoxy) is 1. The summed E-state index contributed by atoms with van der Waals surface area (Å²) in [6, 6.07) is 15.8. The van der Waals surface area contributed by atoms with Gasteiger partial charge in [-0.25, -0.2) is 0 Å². The molecule has 3 nitrogen and oxygen atoms in total. The second kappa shape index (κ2) is 7.99. The van der Waals surface area contributed by atoms with E-state index in [4.69, 9.17) is 4.74 Å². The maximum atomic E-state index is 12.1. The Hall–Kier alpha value is -1.81. The Morgan fingerprint density at radius 1 is 1.14 bits per heavy atom. The first-order valence-electron chi connectivity index (χ1n) is 7.29. The number of hydrogen-bond acceptors (Lipinski definition) is 2. The molecule has 2 aromatic rings. The molecule has 0 aromatic heterocycles. The second-order valence-corrected chi connectivity index (χ2v) is 6.00. The first kappa shape index (κ1) is 16.6. The molecule has 0 aliphatic heterocycles. The molecule has 0 saturated carbocycles. The van der Waals surface area contributed by atoms with Gasteiger partial charge in [0, 0.05) is 13.6 Å². The zero-order chi connectivity index (χ0) is 15.9. The molecule has 0 spiro atoms. The molecule has 1 amide bonds. The first-order valence-corrected chi connectivity index (χ1v) is 8.08. The largest absolute Gasteiger partial charge is 0.483 e. The van der Waals surface area contributed by atoms with Crippen LogP contribution in [0.4, 0.5) is 0 Å². The van der Waals surface area contributed by atoms with Crippen LogP contribution in [0.3, 0.4) is 0 Å². The SMILES string of the molecule is CCc1ccc(OCC(=O)N(C)Cc2ccccc2)c(Br)c1. The Labute approximate surface area is 140 Å². The van der Waals surface area contributed by atoms with Gasteiger partial charge in [0.05, 0.1) is 4.47 Å². The summed E-state index contributed by atoms with van der Waals surface area (Å²) in [4.78, 5) is 13.8. The third-order valence-corrected chi connectivity index (χ3v) is 4.06. The normalized spacial score (nSPS) is 10.3. The molecule has 4 heteroatoms. The Balaban J connectivity index is 1.89. The molecular formula is C18H20BrNO2. The van der Waals surface area contributed by atoms with Crippen molar-refractivity contribution >= 4 is 21.8 Å². The number of nitrogens with zero attached hydrogens (tertiary/aromatic N) is 1. The van der Waals surface area contributed by atoms with E-state index in [-0.39, 0.29) is 12.5 Å². The summed E-state index contributed by atoms with van der Waals surface area (Å²) in [5, 5.41) is 0. The Kier molecular flexibility index (Phi) is 6.01.